The van der Waals surface area contributed by atoms with Gasteiger partial charge in [-0.05, 0) is 56.3 Å². The fourth-order valence-electron chi connectivity index (χ4n) is 4.24. The number of nitrogens with two attached hydrogens (primary N) is 1. The van der Waals surface area contributed by atoms with Crippen LogP contribution >= 0.6 is 0 Å². The van der Waals surface area contributed by atoms with Crippen LogP contribution in [0.5, 0.6) is 0 Å². The molecule has 0 spiro atoms. The van der Waals surface area contributed by atoms with Crippen LogP contribution in [0, 0.1) is 17.8 Å². The van der Waals surface area contributed by atoms with Crippen molar-refractivity contribution in [1.29, 1.82) is 0 Å². The fourth-order valence-corrected chi connectivity index (χ4v) is 4.24. The highest BCUT2D eigenvalue weighted by Gasteiger charge is 2.41. The van der Waals surface area contributed by atoms with E-state index in [1.54, 1.807) is 0 Å². The van der Waals surface area contributed by atoms with Crippen LogP contribution in [0.15, 0.2) is 0 Å². The maximum Gasteiger partial charge on any atom is 0.0576 e. The Morgan fingerprint density at radius 3 is 2.67 bits per heavy atom. The zero-order valence-electron chi connectivity index (χ0n) is 12.5. The molecule has 1 aliphatic carbocycles. The molecule has 106 valence electrons. The summed E-state index contributed by atoms with van der Waals surface area (Å²) in [6.45, 7) is 8.01. The van der Waals surface area contributed by atoms with Crippen molar-refractivity contribution in [3.05, 3.63) is 0 Å². The Labute approximate surface area is 113 Å². The number of hydrogen-bond acceptors (Lipinski definition) is 2. The van der Waals surface area contributed by atoms with Crippen LogP contribution in [0.1, 0.15) is 65.7 Å². The van der Waals surface area contributed by atoms with E-state index in [2.05, 4.69) is 20.8 Å². The summed E-state index contributed by atoms with van der Waals surface area (Å²) in [5.74, 6) is 2.22. The third-order valence-corrected chi connectivity index (χ3v) is 5.20. The van der Waals surface area contributed by atoms with E-state index in [0.717, 1.165) is 18.9 Å². The van der Waals surface area contributed by atoms with Gasteiger partial charge in [0, 0.05) is 12.1 Å². The first-order valence-corrected chi connectivity index (χ1v) is 7.92. The molecule has 0 radical (unpaired) electrons. The molecule has 1 heterocycles. The van der Waals surface area contributed by atoms with Crippen molar-refractivity contribution in [2.45, 2.75) is 77.4 Å². The normalized spacial score (nSPS) is 41.5. The molecule has 4 atom stereocenters. The van der Waals surface area contributed by atoms with E-state index in [0.29, 0.717) is 17.9 Å². The molecule has 4 unspecified atom stereocenters. The molecule has 2 fully saturated rings. The lowest BCUT2D eigenvalue weighted by Gasteiger charge is -2.46. The molecule has 1 saturated heterocycles. The molecule has 0 amide bonds. The fraction of sp³-hybridized carbons (Fsp3) is 1.00. The second-order valence-electron chi connectivity index (χ2n) is 7.14. The highest BCUT2D eigenvalue weighted by Crippen LogP contribution is 2.42. The Balaban J connectivity index is 1.94. The molecule has 1 saturated carbocycles. The zero-order chi connectivity index (χ0) is 13.2. The maximum atomic E-state index is 6.82. The van der Waals surface area contributed by atoms with Crippen LogP contribution < -0.4 is 5.73 Å². The van der Waals surface area contributed by atoms with E-state index in [4.69, 9.17) is 10.5 Å². The number of rotatable bonds is 4. The third-order valence-electron chi connectivity index (χ3n) is 5.20. The van der Waals surface area contributed by atoms with Gasteiger partial charge in [0.15, 0.2) is 0 Å². The summed E-state index contributed by atoms with van der Waals surface area (Å²) in [5, 5.41) is 0. The molecule has 0 aromatic rings. The molecule has 2 nitrogen and oxygen atoms in total. The first kappa shape index (κ1) is 14.3. The van der Waals surface area contributed by atoms with Crippen molar-refractivity contribution in [2.75, 3.05) is 6.61 Å². The van der Waals surface area contributed by atoms with Gasteiger partial charge in [-0.25, -0.2) is 0 Å². The maximum absolute atomic E-state index is 6.82. The first-order chi connectivity index (χ1) is 8.51. The van der Waals surface area contributed by atoms with Gasteiger partial charge in [-0.15, -0.1) is 0 Å². The highest BCUT2D eigenvalue weighted by atomic mass is 16.5. The predicted molar refractivity (Wildman–Crippen MR) is 76.5 cm³/mol. The quantitative estimate of drug-likeness (QED) is 0.828. The molecule has 2 aliphatic rings. The van der Waals surface area contributed by atoms with Crippen molar-refractivity contribution in [1.82, 2.24) is 0 Å². The van der Waals surface area contributed by atoms with E-state index in [1.807, 2.05) is 0 Å². The molecule has 1 aliphatic heterocycles. The van der Waals surface area contributed by atoms with Crippen LogP contribution in [-0.2, 0) is 4.74 Å². The van der Waals surface area contributed by atoms with Crippen LogP contribution in [0.25, 0.3) is 0 Å². The topological polar surface area (TPSA) is 35.2 Å². The van der Waals surface area contributed by atoms with Crippen molar-refractivity contribution in [3.63, 3.8) is 0 Å². The Morgan fingerprint density at radius 1 is 1.28 bits per heavy atom. The van der Waals surface area contributed by atoms with Gasteiger partial charge >= 0.3 is 0 Å². The van der Waals surface area contributed by atoms with Crippen molar-refractivity contribution in [3.8, 4) is 0 Å². The van der Waals surface area contributed by atoms with Crippen molar-refractivity contribution >= 4 is 0 Å². The lowest BCUT2D eigenvalue weighted by Crippen LogP contribution is -2.53. The Kier molecular flexibility index (Phi) is 4.71. The first-order valence-electron chi connectivity index (χ1n) is 7.92. The van der Waals surface area contributed by atoms with Crippen molar-refractivity contribution < 1.29 is 4.74 Å². The van der Waals surface area contributed by atoms with E-state index >= 15 is 0 Å². The molecule has 18 heavy (non-hydrogen) atoms. The van der Waals surface area contributed by atoms with E-state index in [1.165, 1.54) is 38.5 Å². The molecule has 2 N–H and O–H groups in total. The second-order valence-corrected chi connectivity index (χ2v) is 7.14. The summed E-state index contributed by atoms with van der Waals surface area (Å²) < 4.78 is 5.76. The smallest absolute Gasteiger partial charge is 0.0576 e. The average Bonchev–Trinajstić information content (AvgIpc) is 2.78. The number of hydrogen-bond donors (Lipinski definition) is 1. The second kappa shape index (κ2) is 5.92. The minimum atomic E-state index is 0.0672. The van der Waals surface area contributed by atoms with Crippen LogP contribution in [0.2, 0.25) is 0 Å². The van der Waals surface area contributed by atoms with E-state index < -0.39 is 0 Å². The lowest BCUT2D eigenvalue weighted by molar-refractivity contribution is 0.0622. The van der Waals surface area contributed by atoms with E-state index in [-0.39, 0.29) is 5.54 Å². The molecular formula is C16H31NO. The van der Waals surface area contributed by atoms with Gasteiger partial charge in [-0.2, -0.15) is 0 Å². The molecule has 0 aromatic carbocycles. The van der Waals surface area contributed by atoms with E-state index in [9.17, 15) is 0 Å². The molecule has 2 heteroatoms. The van der Waals surface area contributed by atoms with Crippen molar-refractivity contribution in [2.24, 2.45) is 23.5 Å². The van der Waals surface area contributed by atoms with Gasteiger partial charge in [0.25, 0.3) is 0 Å². The third kappa shape index (κ3) is 3.27. The monoisotopic (exact) mass is 253 g/mol. The highest BCUT2D eigenvalue weighted by molar-refractivity contribution is 4.97. The summed E-state index contributed by atoms with van der Waals surface area (Å²) in [4.78, 5) is 0. The summed E-state index contributed by atoms with van der Waals surface area (Å²) in [5.41, 5.74) is 6.88. The molecule has 0 aromatic heterocycles. The zero-order valence-corrected chi connectivity index (χ0v) is 12.5. The molecule has 2 rings (SSSR count). The predicted octanol–water partition coefficient (Wildman–Crippen LogP) is 3.74. The van der Waals surface area contributed by atoms with Gasteiger partial charge in [0.2, 0.25) is 0 Å². The van der Waals surface area contributed by atoms with Crippen LogP contribution in [-0.4, -0.2) is 18.2 Å². The van der Waals surface area contributed by atoms with Gasteiger partial charge in [-0.1, -0.05) is 27.2 Å². The summed E-state index contributed by atoms with van der Waals surface area (Å²) in [6.07, 6.45) is 9.21. The summed E-state index contributed by atoms with van der Waals surface area (Å²) in [7, 11) is 0. The minimum Gasteiger partial charge on any atom is -0.378 e. The van der Waals surface area contributed by atoms with Crippen LogP contribution in [0.3, 0.4) is 0 Å². The summed E-state index contributed by atoms with van der Waals surface area (Å²) in [6, 6.07) is 0. The standard InChI is InChI=1S/C16H31NO/c1-12(2)15-7-6-13(3)11-16(15,17)9-8-14-5-4-10-18-14/h12-15H,4-11,17H2,1-3H3. The van der Waals surface area contributed by atoms with Gasteiger partial charge < -0.3 is 10.5 Å². The lowest BCUT2D eigenvalue weighted by atomic mass is 9.63. The summed E-state index contributed by atoms with van der Waals surface area (Å²) >= 11 is 0. The largest absolute Gasteiger partial charge is 0.378 e. The van der Waals surface area contributed by atoms with Gasteiger partial charge in [-0.3, -0.25) is 0 Å². The number of ether oxygens (including phenoxy) is 1. The van der Waals surface area contributed by atoms with Crippen LogP contribution in [0.4, 0.5) is 0 Å². The average molecular weight is 253 g/mol. The SMILES string of the molecule is CC1CCC(C(C)C)C(N)(CCC2CCCO2)C1. The van der Waals surface area contributed by atoms with Gasteiger partial charge in [0.05, 0.1) is 6.10 Å². The Hall–Kier alpha value is -0.0800. The van der Waals surface area contributed by atoms with Gasteiger partial charge in [0.1, 0.15) is 0 Å². The Morgan fingerprint density at radius 2 is 2.06 bits per heavy atom. The molecular weight excluding hydrogens is 222 g/mol. The molecule has 0 bridgehead atoms. The minimum absolute atomic E-state index is 0.0672. The Bertz CT molecular complexity index is 260.